The van der Waals surface area contributed by atoms with Crippen LogP contribution in [0.25, 0.3) is 22.9 Å². The van der Waals surface area contributed by atoms with E-state index in [1.165, 1.54) is 72.6 Å². The summed E-state index contributed by atoms with van der Waals surface area (Å²) in [4.78, 5) is 97.3. The number of carbonyl (C=O) groups excluding carboxylic acids is 7. The van der Waals surface area contributed by atoms with Gasteiger partial charge in [0.2, 0.25) is 17.7 Å². The van der Waals surface area contributed by atoms with Gasteiger partial charge in [0.15, 0.2) is 0 Å². The minimum Gasteiger partial charge on any atom is -0.467 e. The number of esters is 1. The highest BCUT2D eigenvalue weighted by Crippen LogP contribution is 2.30. The molecule has 0 spiro atoms. The Labute approximate surface area is 374 Å². The number of methoxy groups -OCH3 is 1. The van der Waals surface area contributed by atoms with Crippen molar-refractivity contribution < 1.29 is 43.0 Å². The number of nitrogens with one attached hydrogen (secondary N) is 5. The highest BCUT2D eigenvalue weighted by molar-refractivity contribution is 6.09. The van der Waals surface area contributed by atoms with E-state index in [-0.39, 0.29) is 11.4 Å². The molecule has 0 aliphatic carbocycles. The Morgan fingerprint density at radius 1 is 0.562 bits per heavy atom. The molecule has 338 valence electrons. The largest absolute Gasteiger partial charge is 0.467 e. The van der Waals surface area contributed by atoms with E-state index in [0.717, 1.165) is 5.39 Å². The smallest absolute Gasteiger partial charge is 0.415 e. The molecule has 4 aromatic carbocycles. The van der Waals surface area contributed by atoms with Gasteiger partial charge in [0.1, 0.15) is 39.7 Å². The second kappa shape index (κ2) is 20.3. The zero-order valence-corrected chi connectivity index (χ0v) is 38.2. The zero-order valence-electron chi connectivity index (χ0n) is 38.2. The lowest BCUT2D eigenvalue weighted by Gasteiger charge is -2.34. The highest BCUT2D eigenvalue weighted by atomic mass is 16.6. The maximum atomic E-state index is 14.1. The predicted molar refractivity (Wildman–Crippen MR) is 246 cm³/mol. The molecule has 0 heterocycles. The van der Waals surface area contributed by atoms with Crippen LogP contribution in [-0.2, 0) is 38.2 Å². The van der Waals surface area contributed by atoms with E-state index in [0.29, 0.717) is 22.2 Å². The summed E-state index contributed by atoms with van der Waals surface area (Å²) in [5, 5.41) is 14.7. The minimum absolute atomic E-state index is 0.235. The quantitative estimate of drug-likeness (QED) is 0.0687. The maximum Gasteiger partial charge on any atom is 0.415 e. The molecule has 0 aliphatic heterocycles. The van der Waals surface area contributed by atoms with Crippen LogP contribution in [0.15, 0.2) is 115 Å². The second-order valence-corrected chi connectivity index (χ2v) is 17.6. The van der Waals surface area contributed by atoms with Gasteiger partial charge in [0.25, 0.3) is 11.8 Å². The third kappa shape index (κ3) is 13.1. The Balaban J connectivity index is 1.60. The van der Waals surface area contributed by atoms with Crippen molar-refractivity contribution in [1.29, 1.82) is 0 Å². The fourth-order valence-electron chi connectivity index (χ4n) is 6.15. The molecule has 6 amide bonds. The first-order valence-corrected chi connectivity index (χ1v) is 20.6. The number of anilines is 1. The molecule has 0 saturated carbocycles. The molecule has 0 aromatic heterocycles. The summed E-state index contributed by atoms with van der Waals surface area (Å²) in [6, 6.07) is 28.8. The van der Waals surface area contributed by atoms with Crippen LogP contribution in [0.5, 0.6) is 0 Å². The Bertz CT molecular complexity index is 2450. The second-order valence-electron chi connectivity index (χ2n) is 17.6. The van der Waals surface area contributed by atoms with Gasteiger partial charge in [-0.15, -0.1) is 0 Å². The summed E-state index contributed by atoms with van der Waals surface area (Å²) in [6.45, 7) is 15.2. The van der Waals surface area contributed by atoms with Crippen LogP contribution in [-0.4, -0.2) is 77.0 Å². The van der Waals surface area contributed by atoms with Crippen molar-refractivity contribution in [3.8, 4) is 0 Å². The summed E-state index contributed by atoms with van der Waals surface area (Å²) >= 11 is 0. The zero-order chi connectivity index (χ0) is 47.6. The molecule has 15 heteroatoms. The van der Waals surface area contributed by atoms with Crippen molar-refractivity contribution in [2.75, 3.05) is 12.0 Å². The lowest BCUT2D eigenvalue weighted by molar-refractivity contribution is -0.149. The fraction of sp³-hybridized carbons (Fsp3) is 0.327. The van der Waals surface area contributed by atoms with E-state index >= 15 is 0 Å². The summed E-state index contributed by atoms with van der Waals surface area (Å²) in [7, 11) is 1.18. The number of fused-ring (bicyclic) bond motifs is 1. The van der Waals surface area contributed by atoms with E-state index in [2.05, 4.69) is 26.6 Å². The van der Waals surface area contributed by atoms with Crippen molar-refractivity contribution >= 4 is 70.2 Å². The molecule has 0 fully saturated rings. The SMILES string of the molecule is COC(=O)C(C)(C)NC(=O)/C(=C/c1ccccc1)NC(=O)C(C)(C)NC(=O)/C(=C/c1ccccc1)NC(=O)C(C)(C)NC(=O)[C@H](C)N(C(=O)OC(C)(C)C)c1cccc2ccccc12. The minimum atomic E-state index is -1.72. The van der Waals surface area contributed by atoms with Crippen LogP contribution in [0.3, 0.4) is 0 Å². The summed E-state index contributed by atoms with van der Waals surface area (Å²) in [5.41, 5.74) is -4.80. The molecule has 0 saturated heterocycles. The Morgan fingerprint density at radius 3 is 1.48 bits per heavy atom. The Hall–Kier alpha value is -7.29. The molecule has 4 aromatic rings. The molecular weight excluding hydrogens is 817 g/mol. The fourth-order valence-corrected chi connectivity index (χ4v) is 6.15. The van der Waals surface area contributed by atoms with Gasteiger partial charge in [0, 0.05) is 5.39 Å². The Kier molecular flexibility index (Phi) is 15.6. The number of hydrogen-bond donors (Lipinski definition) is 5. The number of ether oxygens (including phenoxy) is 2. The molecule has 64 heavy (non-hydrogen) atoms. The van der Waals surface area contributed by atoms with Crippen LogP contribution in [0.2, 0.25) is 0 Å². The van der Waals surface area contributed by atoms with Crippen molar-refractivity contribution in [2.24, 2.45) is 0 Å². The molecule has 1 atom stereocenters. The molecule has 0 bridgehead atoms. The first-order valence-electron chi connectivity index (χ1n) is 20.6. The number of amides is 6. The lowest BCUT2D eigenvalue weighted by atomic mass is 10.0. The molecule has 15 nitrogen and oxygen atoms in total. The number of benzene rings is 4. The van der Waals surface area contributed by atoms with Crippen molar-refractivity contribution in [2.45, 2.75) is 97.5 Å². The van der Waals surface area contributed by atoms with Gasteiger partial charge < -0.3 is 36.1 Å². The topological polar surface area (TPSA) is 201 Å². The monoisotopic (exact) mass is 874 g/mol. The molecule has 0 radical (unpaired) electrons. The van der Waals surface area contributed by atoms with E-state index in [4.69, 9.17) is 9.47 Å². The summed E-state index contributed by atoms with van der Waals surface area (Å²) < 4.78 is 10.6. The first-order chi connectivity index (χ1) is 29.8. The van der Waals surface area contributed by atoms with Crippen LogP contribution in [0, 0.1) is 0 Å². The van der Waals surface area contributed by atoms with Gasteiger partial charge in [0.05, 0.1) is 12.8 Å². The van der Waals surface area contributed by atoms with Gasteiger partial charge in [-0.25, -0.2) is 9.59 Å². The van der Waals surface area contributed by atoms with Crippen molar-refractivity contribution in [3.05, 3.63) is 126 Å². The maximum absolute atomic E-state index is 14.1. The highest BCUT2D eigenvalue weighted by Gasteiger charge is 2.39. The Morgan fingerprint density at radius 2 is 1.00 bits per heavy atom. The molecule has 4 rings (SSSR count). The van der Waals surface area contributed by atoms with Crippen LogP contribution in [0.4, 0.5) is 10.5 Å². The van der Waals surface area contributed by atoms with Gasteiger partial charge in [-0.2, -0.15) is 0 Å². The van der Waals surface area contributed by atoms with Crippen LogP contribution < -0.4 is 31.5 Å². The third-order valence-corrected chi connectivity index (χ3v) is 9.71. The van der Waals surface area contributed by atoms with E-state index < -0.39 is 69.9 Å². The van der Waals surface area contributed by atoms with Crippen LogP contribution >= 0.6 is 0 Å². The summed E-state index contributed by atoms with van der Waals surface area (Å²) in [6.07, 6.45) is 2.03. The van der Waals surface area contributed by atoms with E-state index in [1.807, 2.05) is 30.3 Å². The van der Waals surface area contributed by atoms with E-state index in [1.54, 1.807) is 93.6 Å². The summed E-state index contributed by atoms with van der Waals surface area (Å²) in [5.74, 6) is -4.74. The molecule has 0 aliphatic rings. The first kappa shape index (κ1) is 49.4. The number of carbonyl (C=O) groups is 7. The molecule has 0 unspecified atom stereocenters. The van der Waals surface area contributed by atoms with Gasteiger partial charge >= 0.3 is 12.1 Å². The van der Waals surface area contributed by atoms with E-state index in [9.17, 15) is 33.6 Å². The normalized spacial score (nSPS) is 12.9. The van der Waals surface area contributed by atoms with Crippen LogP contribution in [0.1, 0.15) is 80.4 Å². The number of hydrogen-bond acceptors (Lipinski definition) is 9. The van der Waals surface area contributed by atoms with Gasteiger partial charge in [-0.05, 0) is 104 Å². The van der Waals surface area contributed by atoms with Crippen molar-refractivity contribution in [1.82, 2.24) is 26.6 Å². The molecule has 5 N–H and O–H groups in total. The molecular formula is C49H58N6O9. The number of rotatable bonds is 15. The number of nitrogens with zero attached hydrogens (tertiary/aromatic N) is 1. The van der Waals surface area contributed by atoms with Gasteiger partial charge in [-0.1, -0.05) is 97.1 Å². The lowest BCUT2D eigenvalue weighted by Crippen LogP contribution is -2.61. The predicted octanol–water partition coefficient (Wildman–Crippen LogP) is 6.14. The third-order valence-electron chi connectivity index (χ3n) is 9.71. The van der Waals surface area contributed by atoms with Crippen molar-refractivity contribution in [3.63, 3.8) is 0 Å². The standard InChI is InChI=1S/C49H58N6O9/c1-31(55(45(62)64-46(2,3)4)38-28-20-26-34-25-18-19-27-35(34)38)39(56)52-47(5,6)42(59)50-36(29-32-21-14-12-15-22-32)40(57)53-48(7,8)43(60)51-37(30-33-23-16-13-17-24-33)41(58)54-49(9,10)44(61)63-11/h12-31H,1-11H3,(H,50,59)(H,51,60)(H,52,56)(H,53,57)(H,54,58)/b36-29-,37-30-/t31-/m0/s1. The average molecular weight is 875 g/mol. The van der Waals surface area contributed by atoms with Gasteiger partial charge in [-0.3, -0.25) is 28.9 Å². The average Bonchev–Trinajstić information content (AvgIpc) is 3.22.